The fraction of sp³-hybridized carbons (Fsp3) is 0.909. The van der Waals surface area contributed by atoms with Gasteiger partial charge in [-0.3, -0.25) is 0 Å². The molecule has 0 aromatic heterocycles. The largest absolute Gasteiger partial charge is 0.501 e. The van der Waals surface area contributed by atoms with Crippen molar-refractivity contribution in [1.29, 1.82) is 0 Å². The van der Waals surface area contributed by atoms with E-state index in [0.717, 1.165) is 0 Å². The number of carbonyl (C=O) groups is 1. The van der Waals surface area contributed by atoms with Crippen LogP contribution in [0, 0.1) is 0 Å². The topological polar surface area (TPSA) is 66.0 Å². The lowest BCUT2D eigenvalue weighted by atomic mass is 10.5. The Morgan fingerprint density at radius 3 is 1.94 bits per heavy atom. The van der Waals surface area contributed by atoms with Crippen LogP contribution in [0.3, 0.4) is 0 Å². The van der Waals surface area contributed by atoms with Crippen molar-refractivity contribution in [3.8, 4) is 0 Å². The van der Waals surface area contributed by atoms with E-state index in [1.807, 2.05) is 20.8 Å². The van der Waals surface area contributed by atoms with Crippen molar-refractivity contribution in [3.05, 3.63) is 0 Å². The second kappa shape index (κ2) is 10.3. The zero-order chi connectivity index (χ0) is 13.9. The molecular weight excluding hydrogens is 254 g/mol. The van der Waals surface area contributed by atoms with Crippen LogP contribution in [0.25, 0.3) is 0 Å². The van der Waals surface area contributed by atoms with Gasteiger partial charge in [-0.25, -0.2) is 4.79 Å². The van der Waals surface area contributed by atoms with Crippen LogP contribution in [0.4, 0.5) is 4.79 Å². The molecule has 0 atom stereocenters. The molecule has 0 aliphatic rings. The molecule has 6 nitrogen and oxygen atoms in total. The fourth-order valence-electron chi connectivity index (χ4n) is 1.53. The Balaban J connectivity index is 4.16. The van der Waals surface area contributed by atoms with Gasteiger partial charge in [-0.2, -0.15) is 0 Å². The highest BCUT2D eigenvalue weighted by atomic mass is 28.4. The predicted octanol–water partition coefficient (Wildman–Crippen LogP) is 1.78. The lowest BCUT2D eigenvalue weighted by Gasteiger charge is -2.28. The van der Waals surface area contributed by atoms with E-state index in [1.165, 1.54) is 7.05 Å². The van der Waals surface area contributed by atoms with E-state index in [4.69, 9.17) is 18.0 Å². The van der Waals surface area contributed by atoms with E-state index in [0.29, 0.717) is 38.9 Å². The quantitative estimate of drug-likeness (QED) is 0.488. The zero-order valence-corrected chi connectivity index (χ0v) is 12.8. The van der Waals surface area contributed by atoms with Crippen LogP contribution in [0.15, 0.2) is 0 Å². The molecule has 1 amide bonds. The molecular formula is C11H25NO5Si. The molecule has 0 aromatic carbocycles. The lowest BCUT2D eigenvalue weighted by molar-refractivity contribution is 0.0683. The highest BCUT2D eigenvalue weighted by molar-refractivity contribution is 6.60. The molecule has 0 saturated heterocycles. The predicted molar refractivity (Wildman–Crippen MR) is 70.5 cm³/mol. The number of alkyl carbamates (subject to hydrolysis) is 1. The van der Waals surface area contributed by atoms with Gasteiger partial charge in [0.25, 0.3) is 0 Å². The summed E-state index contributed by atoms with van der Waals surface area (Å²) in [5.41, 5.74) is 0. The van der Waals surface area contributed by atoms with Crippen molar-refractivity contribution >= 4 is 14.9 Å². The molecule has 0 aliphatic carbocycles. The highest BCUT2D eigenvalue weighted by Gasteiger charge is 2.39. The summed E-state index contributed by atoms with van der Waals surface area (Å²) in [6.07, 6.45) is 0.242. The summed E-state index contributed by atoms with van der Waals surface area (Å²) >= 11 is 0. The Hall–Kier alpha value is -0.633. The first-order chi connectivity index (χ1) is 8.64. The minimum absolute atomic E-state index is 0.335. The first-order valence-electron chi connectivity index (χ1n) is 6.40. The van der Waals surface area contributed by atoms with E-state index in [2.05, 4.69) is 5.32 Å². The molecule has 18 heavy (non-hydrogen) atoms. The van der Waals surface area contributed by atoms with E-state index in [1.54, 1.807) is 0 Å². The maximum Gasteiger partial charge on any atom is 0.501 e. The molecule has 0 fully saturated rings. The Kier molecular flexibility index (Phi) is 9.94. The molecule has 108 valence electrons. The van der Waals surface area contributed by atoms with E-state index < -0.39 is 14.9 Å². The molecule has 0 spiro atoms. The molecule has 0 radical (unpaired) electrons. The van der Waals surface area contributed by atoms with Crippen LogP contribution >= 0.6 is 0 Å². The second-order valence-corrected chi connectivity index (χ2v) is 6.20. The summed E-state index contributed by atoms with van der Waals surface area (Å²) in [5, 5.41) is 2.39. The van der Waals surface area contributed by atoms with Crippen LogP contribution in [-0.4, -0.2) is 48.4 Å². The number of rotatable bonds is 10. The van der Waals surface area contributed by atoms with Crippen molar-refractivity contribution in [2.24, 2.45) is 0 Å². The standard InChI is InChI=1S/C11H25NO5Si/c1-5-15-18(16-6-2,17-7-3)10-8-9-14-11(13)12-4/h5-10H2,1-4H3,(H,12,13). The highest BCUT2D eigenvalue weighted by Crippen LogP contribution is 2.18. The zero-order valence-electron chi connectivity index (χ0n) is 11.8. The van der Waals surface area contributed by atoms with Gasteiger partial charge in [-0.1, -0.05) is 0 Å². The molecule has 1 N–H and O–H groups in total. The number of hydrogen-bond acceptors (Lipinski definition) is 5. The van der Waals surface area contributed by atoms with Gasteiger partial charge in [0.05, 0.1) is 6.61 Å². The van der Waals surface area contributed by atoms with Gasteiger partial charge < -0.3 is 23.3 Å². The van der Waals surface area contributed by atoms with Crippen LogP contribution in [0.2, 0.25) is 6.04 Å². The SMILES string of the molecule is CCO[Si](CCCOC(=O)NC)(OCC)OCC. The Labute approximate surface area is 110 Å². The molecule has 0 rings (SSSR count). The van der Waals surface area contributed by atoms with Crippen molar-refractivity contribution < 1.29 is 22.8 Å². The van der Waals surface area contributed by atoms with Crippen molar-refractivity contribution in [3.63, 3.8) is 0 Å². The van der Waals surface area contributed by atoms with E-state index in [9.17, 15) is 4.79 Å². The van der Waals surface area contributed by atoms with Crippen molar-refractivity contribution in [2.45, 2.75) is 33.2 Å². The Morgan fingerprint density at radius 2 is 1.56 bits per heavy atom. The molecule has 0 heterocycles. The van der Waals surface area contributed by atoms with Crippen LogP contribution in [0.1, 0.15) is 27.2 Å². The Bertz CT molecular complexity index is 210. The summed E-state index contributed by atoms with van der Waals surface area (Å²) in [4.78, 5) is 10.9. The van der Waals surface area contributed by atoms with E-state index in [-0.39, 0.29) is 0 Å². The van der Waals surface area contributed by atoms with Crippen LogP contribution in [0.5, 0.6) is 0 Å². The molecule has 0 saturated carbocycles. The van der Waals surface area contributed by atoms with Crippen molar-refractivity contribution in [1.82, 2.24) is 5.32 Å². The third kappa shape index (κ3) is 6.95. The summed E-state index contributed by atoms with van der Waals surface area (Å²) in [7, 11) is -1.06. The van der Waals surface area contributed by atoms with Gasteiger partial charge in [-0.05, 0) is 27.2 Å². The number of hydrogen-bond donors (Lipinski definition) is 1. The number of carbonyl (C=O) groups excluding carboxylic acids is 1. The van der Waals surface area contributed by atoms with Crippen molar-refractivity contribution in [2.75, 3.05) is 33.5 Å². The van der Waals surface area contributed by atoms with Gasteiger partial charge in [0.2, 0.25) is 0 Å². The molecule has 7 heteroatoms. The van der Waals surface area contributed by atoms with Gasteiger partial charge in [-0.15, -0.1) is 0 Å². The average molecular weight is 279 g/mol. The summed E-state index contributed by atoms with van der Waals surface area (Å²) in [6.45, 7) is 7.76. The Morgan fingerprint density at radius 1 is 1.06 bits per heavy atom. The lowest BCUT2D eigenvalue weighted by Crippen LogP contribution is -2.46. The average Bonchev–Trinajstić information content (AvgIpc) is 2.35. The van der Waals surface area contributed by atoms with Gasteiger partial charge in [0, 0.05) is 32.9 Å². The molecule has 0 aliphatic heterocycles. The van der Waals surface area contributed by atoms with Gasteiger partial charge in [0.15, 0.2) is 0 Å². The van der Waals surface area contributed by atoms with E-state index >= 15 is 0 Å². The molecule has 0 aromatic rings. The smallest absolute Gasteiger partial charge is 0.450 e. The first-order valence-corrected chi connectivity index (χ1v) is 8.33. The fourth-order valence-corrected chi connectivity index (χ4v) is 4.11. The van der Waals surface area contributed by atoms with Crippen LogP contribution < -0.4 is 5.32 Å². The number of ether oxygens (including phenoxy) is 1. The summed E-state index contributed by atoms with van der Waals surface area (Å²) in [6, 6.07) is 0.652. The number of nitrogens with one attached hydrogen (secondary N) is 1. The third-order valence-corrected chi connectivity index (χ3v) is 5.31. The summed E-state index contributed by atoms with van der Waals surface area (Å²) < 4.78 is 22.0. The minimum atomic E-state index is -2.59. The van der Waals surface area contributed by atoms with Gasteiger partial charge >= 0.3 is 14.9 Å². The normalized spacial score (nSPS) is 11.3. The third-order valence-electron chi connectivity index (χ3n) is 2.16. The molecule has 0 unspecified atom stereocenters. The molecule has 0 bridgehead atoms. The summed E-state index contributed by atoms with van der Waals surface area (Å²) in [5.74, 6) is 0. The minimum Gasteiger partial charge on any atom is -0.450 e. The monoisotopic (exact) mass is 279 g/mol. The first kappa shape index (κ1) is 17.4. The second-order valence-electron chi connectivity index (χ2n) is 3.47. The number of amides is 1. The van der Waals surface area contributed by atoms with Crippen LogP contribution in [-0.2, 0) is 18.0 Å². The van der Waals surface area contributed by atoms with Gasteiger partial charge in [0.1, 0.15) is 0 Å². The maximum absolute atomic E-state index is 10.9. The maximum atomic E-state index is 10.9.